The number of imide groups is 1. The molecular weight excluding hydrogens is 296 g/mol. The molecule has 0 radical (unpaired) electrons. The third-order valence-electron chi connectivity index (χ3n) is 3.75. The van der Waals surface area contributed by atoms with Gasteiger partial charge in [0.2, 0.25) is 0 Å². The Balaban J connectivity index is 1.63. The fraction of sp³-hybridized carbons (Fsp3) is 0.294. The Morgan fingerprint density at radius 1 is 1.09 bits per heavy atom. The Morgan fingerprint density at radius 3 is 2.50 bits per heavy atom. The number of hydrogen-bond acceptors (Lipinski definition) is 3. The summed E-state index contributed by atoms with van der Waals surface area (Å²) >= 11 is 1.65. The average Bonchev–Trinajstić information content (AvgIpc) is 2.69. The molecule has 0 spiro atoms. The zero-order valence-electron chi connectivity index (χ0n) is 12.6. The summed E-state index contributed by atoms with van der Waals surface area (Å²) in [6.07, 6.45) is 0. The van der Waals surface area contributed by atoms with Crippen LogP contribution >= 0.6 is 11.8 Å². The number of nitrogens with one attached hydrogen (secondary N) is 1. The van der Waals surface area contributed by atoms with Crippen molar-refractivity contribution in [3.05, 3.63) is 42.5 Å². The van der Waals surface area contributed by atoms with Crippen molar-refractivity contribution >= 4 is 34.5 Å². The summed E-state index contributed by atoms with van der Waals surface area (Å²) in [7, 11) is 0. The highest BCUT2D eigenvalue weighted by Crippen LogP contribution is 2.24. The number of benzene rings is 2. The third-order valence-corrected chi connectivity index (χ3v) is 4.72. The van der Waals surface area contributed by atoms with Crippen LogP contribution in [-0.2, 0) is 4.79 Å². The molecule has 1 fully saturated rings. The Kier molecular flexibility index (Phi) is 3.83. The minimum absolute atomic E-state index is 0.156. The molecule has 1 aliphatic rings. The first kappa shape index (κ1) is 14.9. The first-order valence-corrected chi connectivity index (χ1v) is 8.22. The molecule has 22 heavy (non-hydrogen) atoms. The van der Waals surface area contributed by atoms with Gasteiger partial charge in [-0.2, -0.15) is 0 Å². The molecular formula is C17H18N2O2S. The van der Waals surface area contributed by atoms with E-state index in [1.54, 1.807) is 25.6 Å². The molecule has 0 unspecified atom stereocenters. The van der Waals surface area contributed by atoms with Crippen LogP contribution in [-0.4, -0.2) is 34.7 Å². The SMILES string of the molecule is CC1(C)NC(=O)N(CCSc2ccc3ccccc3c2)C1=O. The van der Waals surface area contributed by atoms with Gasteiger partial charge in [0.15, 0.2) is 0 Å². The molecule has 3 amide bonds. The van der Waals surface area contributed by atoms with Gasteiger partial charge in [-0.05, 0) is 36.8 Å². The minimum atomic E-state index is -0.787. The molecule has 1 N–H and O–H groups in total. The second-order valence-corrected chi connectivity index (χ2v) is 7.04. The maximum atomic E-state index is 12.1. The van der Waals surface area contributed by atoms with Gasteiger partial charge in [-0.25, -0.2) is 4.79 Å². The quantitative estimate of drug-likeness (QED) is 0.696. The number of thioether (sulfide) groups is 1. The molecule has 4 nitrogen and oxygen atoms in total. The number of fused-ring (bicyclic) bond motifs is 1. The normalized spacial score (nSPS) is 17.1. The van der Waals surface area contributed by atoms with Crippen LogP contribution in [0.1, 0.15) is 13.8 Å². The fourth-order valence-electron chi connectivity index (χ4n) is 2.53. The van der Waals surface area contributed by atoms with E-state index in [9.17, 15) is 9.59 Å². The van der Waals surface area contributed by atoms with Gasteiger partial charge in [0.1, 0.15) is 5.54 Å². The van der Waals surface area contributed by atoms with Crippen LogP contribution in [0.15, 0.2) is 47.4 Å². The predicted molar refractivity (Wildman–Crippen MR) is 89.0 cm³/mol. The smallest absolute Gasteiger partial charge is 0.324 e. The van der Waals surface area contributed by atoms with Gasteiger partial charge in [0, 0.05) is 17.2 Å². The number of amides is 3. The van der Waals surface area contributed by atoms with Crippen molar-refractivity contribution in [2.45, 2.75) is 24.3 Å². The van der Waals surface area contributed by atoms with Crippen molar-refractivity contribution < 1.29 is 9.59 Å². The zero-order valence-corrected chi connectivity index (χ0v) is 13.4. The summed E-state index contributed by atoms with van der Waals surface area (Å²) in [5.74, 6) is 0.532. The lowest BCUT2D eigenvalue weighted by atomic mass is 10.1. The lowest BCUT2D eigenvalue weighted by Gasteiger charge is -2.15. The second-order valence-electron chi connectivity index (χ2n) is 5.87. The standard InChI is InChI=1S/C17H18N2O2S/c1-17(2)15(20)19(16(21)18-17)9-10-22-14-8-7-12-5-3-4-6-13(12)11-14/h3-8,11H,9-10H2,1-2H3,(H,18,21). The second kappa shape index (κ2) is 5.65. The average molecular weight is 314 g/mol. The molecule has 0 aliphatic carbocycles. The maximum absolute atomic E-state index is 12.1. The van der Waals surface area contributed by atoms with Gasteiger partial charge in [0.25, 0.3) is 5.91 Å². The number of carbonyl (C=O) groups is 2. The van der Waals surface area contributed by atoms with E-state index in [4.69, 9.17) is 0 Å². The lowest BCUT2D eigenvalue weighted by Crippen LogP contribution is -2.40. The predicted octanol–water partition coefficient (Wildman–Crippen LogP) is 3.26. The van der Waals surface area contributed by atoms with Crippen LogP contribution in [0.4, 0.5) is 4.79 Å². The molecule has 0 aromatic heterocycles. The lowest BCUT2D eigenvalue weighted by molar-refractivity contribution is -0.130. The van der Waals surface area contributed by atoms with E-state index in [1.807, 2.05) is 12.1 Å². The van der Waals surface area contributed by atoms with E-state index < -0.39 is 5.54 Å². The van der Waals surface area contributed by atoms with Gasteiger partial charge in [0.05, 0.1) is 0 Å². The molecule has 0 atom stereocenters. The van der Waals surface area contributed by atoms with E-state index in [1.165, 1.54) is 15.7 Å². The first-order chi connectivity index (χ1) is 10.5. The topological polar surface area (TPSA) is 49.4 Å². The monoisotopic (exact) mass is 314 g/mol. The van der Waals surface area contributed by atoms with E-state index in [0.717, 1.165) is 4.90 Å². The van der Waals surface area contributed by atoms with E-state index in [0.29, 0.717) is 12.3 Å². The number of urea groups is 1. The van der Waals surface area contributed by atoms with Crippen LogP contribution in [0.3, 0.4) is 0 Å². The van der Waals surface area contributed by atoms with Crippen LogP contribution in [0, 0.1) is 0 Å². The molecule has 3 rings (SSSR count). The molecule has 1 aliphatic heterocycles. The summed E-state index contributed by atoms with van der Waals surface area (Å²) in [5, 5.41) is 5.10. The Morgan fingerprint density at radius 2 is 1.82 bits per heavy atom. The summed E-state index contributed by atoms with van der Waals surface area (Å²) in [6.45, 7) is 3.87. The Bertz CT molecular complexity index is 742. The molecule has 5 heteroatoms. The molecule has 0 bridgehead atoms. The van der Waals surface area contributed by atoms with Gasteiger partial charge < -0.3 is 5.32 Å². The molecule has 1 saturated heterocycles. The summed E-state index contributed by atoms with van der Waals surface area (Å²) in [4.78, 5) is 26.3. The van der Waals surface area contributed by atoms with Gasteiger partial charge in [-0.3, -0.25) is 9.69 Å². The van der Waals surface area contributed by atoms with E-state index >= 15 is 0 Å². The van der Waals surface area contributed by atoms with Crippen LogP contribution in [0.25, 0.3) is 10.8 Å². The third kappa shape index (κ3) is 2.81. The highest BCUT2D eigenvalue weighted by Gasteiger charge is 2.43. The first-order valence-electron chi connectivity index (χ1n) is 7.23. The van der Waals surface area contributed by atoms with Crippen molar-refractivity contribution in [3.8, 4) is 0 Å². The highest BCUT2D eigenvalue weighted by atomic mass is 32.2. The van der Waals surface area contributed by atoms with E-state index in [-0.39, 0.29) is 11.9 Å². The Hall–Kier alpha value is -2.01. The van der Waals surface area contributed by atoms with Crippen LogP contribution in [0.2, 0.25) is 0 Å². The molecule has 114 valence electrons. The number of carbonyl (C=O) groups excluding carboxylic acids is 2. The molecule has 1 heterocycles. The van der Waals surface area contributed by atoms with Crippen molar-refractivity contribution in [1.82, 2.24) is 10.2 Å². The van der Waals surface area contributed by atoms with Crippen LogP contribution < -0.4 is 5.32 Å². The highest BCUT2D eigenvalue weighted by molar-refractivity contribution is 7.99. The summed E-state index contributed by atoms with van der Waals surface area (Å²) in [5.41, 5.74) is -0.787. The minimum Gasteiger partial charge on any atom is -0.324 e. The van der Waals surface area contributed by atoms with Crippen molar-refractivity contribution in [2.75, 3.05) is 12.3 Å². The van der Waals surface area contributed by atoms with Gasteiger partial charge in [-0.15, -0.1) is 11.8 Å². The largest absolute Gasteiger partial charge is 0.325 e. The molecule has 2 aromatic rings. The Labute approximate surface area is 133 Å². The molecule has 0 saturated carbocycles. The maximum Gasteiger partial charge on any atom is 0.325 e. The van der Waals surface area contributed by atoms with Gasteiger partial charge in [-0.1, -0.05) is 30.3 Å². The van der Waals surface area contributed by atoms with Crippen molar-refractivity contribution in [1.29, 1.82) is 0 Å². The van der Waals surface area contributed by atoms with Crippen molar-refractivity contribution in [2.24, 2.45) is 0 Å². The fourth-order valence-corrected chi connectivity index (χ4v) is 3.42. The summed E-state index contributed by atoms with van der Waals surface area (Å²) in [6, 6.07) is 14.2. The number of rotatable bonds is 4. The van der Waals surface area contributed by atoms with Crippen LogP contribution in [0.5, 0.6) is 0 Å². The van der Waals surface area contributed by atoms with E-state index in [2.05, 4.69) is 35.6 Å². The molecule has 2 aromatic carbocycles. The van der Waals surface area contributed by atoms with Gasteiger partial charge >= 0.3 is 6.03 Å². The van der Waals surface area contributed by atoms with Crippen molar-refractivity contribution in [3.63, 3.8) is 0 Å². The summed E-state index contributed by atoms with van der Waals surface area (Å²) < 4.78 is 0. The number of hydrogen-bond donors (Lipinski definition) is 1. The number of nitrogens with zero attached hydrogens (tertiary/aromatic N) is 1. The zero-order chi connectivity index (χ0) is 15.7.